The number of carbonyl (C=O) groups is 1. The van der Waals surface area contributed by atoms with Gasteiger partial charge in [0.05, 0.1) is 5.70 Å². The van der Waals surface area contributed by atoms with Crippen molar-refractivity contribution in [3.05, 3.63) is 23.4 Å². The highest BCUT2D eigenvalue weighted by molar-refractivity contribution is 5.73. The minimum absolute atomic E-state index is 0.0359. The van der Waals surface area contributed by atoms with Gasteiger partial charge >= 0.3 is 6.09 Å². The highest BCUT2D eigenvalue weighted by atomic mass is 16.6. The van der Waals surface area contributed by atoms with Crippen molar-refractivity contribution in [1.29, 1.82) is 0 Å². The number of alkyl carbamates (subject to hydrolysis) is 1. The lowest BCUT2D eigenvalue weighted by molar-refractivity contribution is 0.141. The number of hydrogen-bond donors (Lipinski definition) is 1. The molecule has 12 heavy (non-hydrogen) atoms. The first-order chi connectivity index (χ1) is 5.75. The van der Waals surface area contributed by atoms with Crippen LogP contribution in [-0.4, -0.2) is 12.2 Å². The van der Waals surface area contributed by atoms with Crippen molar-refractivity contribution in [2.75, 3.05) is 0 Å². The Bertz CT molecular complexity index is 278. The van der Waals surface area contributed by atoms with Crippen molar-refractivity contribution in [3.8, 4) is 0 Å². The van der Waals surface area contributed by atoms with Crippen molar-refractivity contribution in [2.45, 2.75) is 25.9 Å². The highest BCUT2D eigenvalue weighted by Gasteiger charge is 2.28. The van der Waals surface area contributed by atoms with E-state index in [0.717, 1.165) is 18.5 Å². The first-order valence-corrected chi connectivity index (χ1v) is 4.12. The van der Waals surface area contributed by atoms with Gasteiger partial charge in [-0.05, 0) is 25.8 Å². The Kier molecular flexibility index (Phi) is 1.64. The van der Waals surface area contributed by atoms with E-state index in [1.54, 1.807) is 0 Å². The fraction of sp³-hybridized carbons (Fsp3) is 0.444. The Morgan fingerprint density at radius 2 is 2.50 bits per heavy atom. The van der Waals surface area contributed by atoms with Gasteiger partial charge in [-0.25, -0.2) is 4.79 Å². The molecule has 1 amide bonds. The van der Waals surface area contributed by atoms with E-state index >= 15 is 0 Å². The summed E-state index contributed by atoms with van der Waals surface area (Å²) in [6.45, 7) is 2.03. The van der Waals surface area contributed by atoms with E-state index in [1.165, 1.54) is 5.57 Å². The van der Waals surface area contributed by atoms with Gasteiger partial charge in [-0.15, -0.1) is 0 Å². The lowest BCUT2D eigenvalue weighted by Crippen LogP contribution is -2.12. The molecule has 0 aromatic heterocycles. The normalized spacial score (nSPS) is 27.8. The topological polar surface area (TPSA) is 38.3 Å². The monoisotopic (exact) mass is 165 g/mol. The molecule has 1 aliphatic carbocycles. The fourth-order valence-electron chi connectivity index (χ4n) is 1.53. The molecule has 1 aliphatic heterocycles. The number of nitrogens with one attached hydrogen (secondary N) is 1. The van der Waals surface area contributed by atoms with Gasteiger partial charge in [-0.3, -0.25) is 5.32 Å². The second-order valence-electron chi connectivity index (χ2n) is 3.14. The number of allylic oxidation sites excluding steroid dienone is 3. The molecule has 2 rings (SSSR count). The molecule has 1 atom stereocenters. The van der Waals surface area contributed by atoms with Crippen LogP contribution >= 0.6 is 0 Å². The van der Waals surface area contributed by atoms with Crippen molar-refractivity contribution >= 4 is 6.09 Å². The van der Waals surface area contributed by atoms with Crippen LogP contribution in [0.2, 0.25) is 0 Å². The van der Waals surface area contributed by atoms with Gasteiger partial charge in [0.25, 0.3) is 0 Å². The lowest BCUT2D eigenvalue weighted by Gasteiger charge is -2.04. The standard InChI is InChI=1S/C9H11NO2/c1-6-3-2-4-8-7(5-6)10-9(11)12-8/h3,5,8H,2,4H2,1H3,(H,10,11). The largest absolute Gasteiger partial charge is 0.440 e. The van der Waals surface area contributed by atoms with Crippen LogP contribution < -0.4 is 5.32 Å². The lowest BCUT2D eigenvalue weighted by atomic mass is 10.2. The molecule has 0 bridgehead atoms. The summed E-state index contributed by atoms with van der Waals surface area (Å²) in [5, 5.41) is 2.69. The molecular weight excluding hydrogens is 154 g/mol. The van der Waals surface area contributed by atoms with E-state index in [4.69, 9.17) is 4.74 Å². The Balaban J connectivity index is 2.26. The number of fused-ring (bicyclic) bond motifs is 1. The highest BCUT2D eigenvalue weighted by Crippen LogP contribution is 2.22. The number of ether oxygens (including phenoxy) is 1. The summed E-state index contributed by atoms with van der Waals surface area (Å²) in [7, 11) is 0. The number of amides is 1. The van der Waals surface area contributed by atoms with E-state index in [-0.39, 0.29) is 12.2 Å². The summed E-state index contributed by atoms with van der Waals surface area (Å²) in [6.07, 6.45) is 5.64. The molecule has 3 heteroatoms. The fourth-order valence-corrected chi connectivity index (χ4v) is 1.53. The first kappa shape index (κ1) is 7.40. The SMILES string of the molecule is CC1=CCCC2OC(=O)NC2=C1. The Labute approximate surface area is 71.1 Å². The Hall–Kier alpha value is -1.25. The van der Waals surface area contributed by atoms with Gasteiger partial charge in [0.15, 0.2) is 0 Å². The summed E-state index contributed by atoms with van der Waals surface area (Å²) in [5.41, 5.74) is 2.10. The molecule has 0 radical (unpaired) electrons. The van der Waals surface area contributed by atoms with Gasteiger partial charge in [0.1, 0.15) is 6.10 Å². The van der Waals surface area contributed by atoms with E-state index in [9.17, 15) is 4.79 Å². The second kappa shape index (κ2) is 2.66. The minimum atomic E-state index is -0.319. The maximum atomic E-state index is 10.8. The second-order valence-corrected chi connectivity index (χ2v) is 3.14. The average Bonchev–Trinajstić information content (AvgIpc) is 2.23. The smallest absolute Gasteiger partial charge is 0.412 e. The minimum Gasteiger partial charge on any atom is -0.440 e. The summed E-state index contributed by atoms with van der Waals surface area (Å²) in [5.74, 6) is 0. The molecule has 64 valence electrons. The molecule has 1 fully saturated rings. The van der Waals surface area contributed by atoms with Crippen LogP contribution in [0.1, 0.15) is 19.8 Å². The zero-order chi connectivity index (χ0) is 8.55. The van der Waals surface area contributed by atoms with E-state index in [0.29, 0.717) is 0 Å². The third-order valence-corrected chi connectivity index (χ3v) is 2.12. The molecule has 0 saturated carbocycles. The van der Waals surface area contributed by atoms with Crippen LogP contribution in [0, 0.1) is 0 Å². The van der Waals surface area contributed by atoms with Crippen LogP contribution in [0.25, 0.3) is 0 Å². The molecule has 1 unspecified atom stereocenters. The van der Waals surface area contributed by atoms with E-state index < -0.39 is 0 Å². The van der Waals surface area contributed by atoms with Crippen LogP contribution in [0.3, 0.4) is 0 Å². The molecule has 0 spiro atoms. The van der Waals surface area contributed by atoms with Crippen LogP contribution in [0.15, 0.2) is 23.4 Å². The predicted octanol–water partition coefficient (Wildman–Crippen LogP) is 1.72. The van der Waals surface area contributed by atoms with Crippen LogP contribution in [-0.2, 0) is 4.74 Å². The molecule has 1 saturated heterocycles. The molecule has 1 N–H and O–H groups in total. The number of carbonyl (C=O) groups excluding carboxylic acids is 1. The van der Waals surface area contributed by atoms with Gasteiger partial charge in [0.2, 0.25) is 0 Å². The Morgan fingerprint density at radius 1 is 1.67 bits per heavy atom. The van der Waals surface area contributed by atoms with Gasteiger partial charge in [0, 0.05) is 0 Å². The van der Waals surface area contributed by atoms with Crippen LogP contribution in [0.5, 0.6) is 0 Å². The molecular formula is C9H11NO2. The first-order valence-electron chi connectivity index (χ1n) is 4.12. The maximum absolute atomic E-state index is 10.8. The maximum Gasteiger partial charge on any atom is 0.412 e. The summed E-state index contributed by atoms with van der Waals surface area (Å²) >= 11 is 0. The van der Waals surface area contributed by atoms with Crippen molar-refractivity contribution in [3.63, 3.8) is 0 Å². The summed E-state index contributed by atoms with van der Waals surface area (Å²) < 4.78 is 5.04. The summed E-state index contributed by atoms with van der Waals surface area (Å²) in [6, 6.07) is 0. The number of rotatable bonds is 0. The summed E-state index contributed by atoms with van der Waals surface area (Å²) in [4.78, 5) is 10.8. The molecule has 2 aliphatic rings. The molecule has 0 aromatic carbocycles. The van der Waals surface area contributed by atoms with Crippen molar-refractivity contribution in [1.82, 2.24) is 5.32 Å². The predicted molar refractivity (Wildman–Crippen MR) is 44.5 cm³/mol. The molecule has 0 aromatic rings. The quantitative estimate of drug-likeness (QED) is 0.593. The van der Waals surface area contributed by atoms with Crippen molar-refractivity contribution in [2.24, 2.45) is 0 Å². The van der Waals surface area contributed by atoms with Crippen LogP contribution in [0.4, 0.5) is 4.79 Å². The zero-order valence-electron chi connectivity index (χ0n) is 6.96. The number of hydrogen-bond acceptors (Lipinski definition) is 2. The van der Waals surface area contributed by atoms with Gasteiger partial charge in [-0.1, -0.05) is 11.6 Å². The zero-order valence-corrected chi connectivity index (χ0v) is 6.96. The Morgan fingerprint density at radius 3 is 3.33 bits per heavy atom. The average molecular weight is 165 g/mol. The van der Waals surface area contributed by atoms with E-state index in [1.807, 2.05) is 13.0 Å². The third kappa shape index (κ3) is 1.22. The molecule has 3 nitrogen and oxygen atoms in total. The van der Waals surface area contributed by atoms with Gasteiger partial charge in [-0.2, -0.15) is 0 Å². The van der Waals surface area contributed by atoms with Gasteiger partial charge < -0.3 is 4.74 Å². The molecule has 1 heterocycles. The van der Waals surface area contributed by atoms with E-state index in [2.05, 4.69) is 11.4 Å². The third-order valence-electron chi connectivity index (χ3n) is 2.12. The van der Waals surface area contributed by atoms with Crippen molar-refractivity contribution < 1.29 is 9.53 Å².